The number of nitrogens with zero attached hydrogens (tertiary/aromatic N) is 4. The van der Waals surface area contributed by atoms with Crippen LogP contribution in [0.3, 0.4) is 0 Å². The van der Waals surface area contributed by atoms with E-state index in [4.69, 9.17) is 10.4 Å². The molecule has 1 saturated heterocycles. The molecule has 0 bridgehead atoms. The molecule has 9 nitrogen and oxygen atoms in total. The quantitative estimate of drug-likeness (QED) is 0.307. The maximum absolute atomic E-state index is 13.2. The average molecular weight is 546 g/mol. The molecule has 10 heteroatoms. The Labute approximate surface area is 215 Å². The van der Waals surface area contributed by atoms with E-state index in [2.05, 4.69) is 41.0 Å². The Balaban J connectivity index is 1.33. The van der Waals surface area contributed by atoms with Crippen molar-refractivity contribution in [2.75, 3.05) is 18.0 Å². The summed E-state index contributed by atoms with van der Waals surface area (Å²) in [6, 6.07) is 9.58. The number of anilines is 1. The van der Waals surface area contributed by atoms with Crippen molar-refractivity contribution < 1.29 is 5.11 Å². The Morgan fingerprint density at radius 2 is 2.00 bits per heavy atom. The average Bonchev–Trinajstić information content (AvgIpc) is 3.35. The number of fused-ring (bicyclic) bond motifs is 2. The van der Waals surface area contributed by atoms with E-state index in [1.165, 1.54) is 0 Å². The molecule has 1 unspecified atom stereocenters. The fraction of sp³-hybridized carbons (Fsp3) is 0.269. The second kappa shape index (κ2) is 8.49. The molecule has 2 aliphatic rings. The number of aliphatic hydroxyl groups is 1. The van der Waals surface area contributed by atoms with Crippen LogP contribution in [0, 0.1) is 5.41 Å². The molecule has 1 fully saturated rings. The molecular weight excluding hydrogens is 522 g/mol. The lowest BCUT2D eigenvalue weighted by molar-refractivity contribution is 0.0350. The highest BCUT2D eigenvalue weighted by Crippen LogP contribution is 2.38. The number of piperidine rings is 1. The lowest BCUT2D eigenvalue weighted by Gasteiger charge is -2.36. The zero-order valence-corrected chi connectivity index (χ0v) is 21.1. The number of aromatic amines is 2. The van der Waals surface area contributed by atoms with Gasteiger partial charge in [0, 0.05) is 40.6 Å². The van der Waals surface area contributed by atoms with Crippen molar-refractivity contribution >= 4 is 42.8 Å². The van der Waals surface area contributed by atoms with E-state index in [1.807, 2.05) is 43.3 Å². The number of hydrogen-bond acceptors (Lipinski definition) is 7. The molecule has 1 aliphatic heterocycles. The highest BCUT2D eigenvalue weighted by atomic mass is 79.9. The number of rotatable bonds is 3. The van der Waals surface area contributed by atoms with Crippen LogP contribution < -0.4 is 10.5 Å². The topological polar surface area (TPSA) is 135 Å². The number of pyridine rings is 1. The van der Waals surface area contributed by atoms with Crippen LogP contribution in [-0.2, 0) is 0 Å². The van der Waals surface area contributed by atoms with Crippen molar-refractivity contribution in [2.24, 2.45) is 0 Å². The molecule has 0 spiro atoms. The van der Waals surface area contributed by atoms with Crippen LogP contribution in [0.4, 0.5) is 5.82 Å². The van der Waals surface area contributed by atoms with Gasteiger partial charge in [-0.2, -0.15) is 5.10 Å². The van der Waals surface area contributed by atoms with Crippen molar-refractivity contribution in [3.05, 3.63) is 76.0 Å². The van der Waals surface area contributed by atoms with Gasteiger partial charge in [-0.3, -0.25) is 9.89 Å². The van der Waals surface area contributed by atoms with Crippen LogP contribution in [0.15, 0.2) is 53.6 Å². The van der Waals surface area contributed by atoms with Gasteiger partial charge >= 0.3 is 0 Å². The van der Waals surface area contributed by atoms with Crippen molar-refractivity contribution in [3.63, 3.8) is 0 Å². The standard InChI is InChI=1S/C26H24BrN7O2/c1-26(36)7-9-34(10-8-26)20-6-5-14(12-29-20)24-31-23-18(27)11-16(22(28)21(23)25(35)32-24)15-3-2-4-19-17(15)13-30-33-19/h2-6,11-13,16,28,36H,7-10H2,1H3,(H,30,33)(H,31,32,35). The minimum absolute atomic E-state index is 0.191. The van der Waals surface area contributed by atoms with Gasteiger partial charge < -0.3 is 20.4 Å². The highest BCUT2D eigenvalue weighted by Gasteiger charge is 2.31. The Bertz CT molecular complexity index is 1580. The molecule has 3 aromatic heterocycles. The Hall–Kier alpha value is -3.63. The van der Waals surface area contributed by atoms with Gasteiger partial charge in [0.25, 0.3) is 5.56 Å². The third kappa shape index (κ3) is 3.86. The van der Waals surface area contributed by atoms with E-state index in [1.54, 1.807) is 12.4 Å². The van der Waals surface area contributed by atoms with Crippen LogP contribution in [0.25, 0.3) is 26.8 Å². The first-order valence-corrected chi connectivity index (χ1v) is 12.6. The first-order valence-electron chi connectivity index (χ1n) is 11.8. The van der Waals surface area contributed by atoms with Gasteiger partial charge in [-0.15, -0.1) is 0 Å². The molecule has 4 N–H and O–H groups in total. The summed E-state index contributed by atoms with van der Waals surface area (Å²) in [5.41, 5.74) is 2.36. The molecule has 1 aliphatic carbocycles. The third-order valence-electron chi connectivity index (χ3n) is 7.08. The molecule has 4 heterocycles. The lowest BCUT2D eigenvalue weighted by Crippen LogP contribution is -2.42. The van der Waals surface area contributed by atoms with Crippen LogP contribution in [0.1, 0.15) is 42.5 Å². The van der Waals surface area contributed by atoms with Crippen LogP contribution in [-0.4, -0.2) is 54.7 Å². The summed E-state index contributed by atoms with van der Waals surface area (Å²) in [5, 5.41) is 27.1. The Morgan fingerprint density at radius 3 is 2.75 bits per heavy atom. The number of halogens is 1. The number of hydrogen-bond donors (Lipinski definition) is 4. The van der Waals surface area contributed by atoms with E-state index in [0.29, 0.717) is 34.4 Å². The molecule has 36 heavy (non-hydrogen) atoms. The van der Waals surface area contributed by atoms with Crippen molar-refractivity contribution in [2.45, 2.75) is 31.3 Å². The normalized spacial score (nSPS) is 19.3. The Morgan fingerprint density at radius 1 is 1.19 bits per heavy atom. The molecule has 6 rings (SSSR count). The number of allylic oxidation sites excluding steroid dienone is 1. The van der Waals surface area contributed by atoms with E-state index >= 15 is 0 Å². The first kappa shape index (κ1) is 22.8. The molecule has 1 atom stereocenters. The molecule has 0 amide bonds. The summed E-state index contributed by atoms with van der Waals surface area (Å²) >= 11 is 3.60. The largest absolute Gasteiger partial charge is 0.390 e. The minimum atomic E-state index is -0.623. The van der Waals surface area contributed by atoms with E-state index < -0.39 is 11.5 Å². The summed E-state index contributed by atoms with van der Waals surface area (Å²) in [5.74, 6) is 0.815. The molecule has 0 saturated carbocycles. The predicted octanol–water partition coefficient (Wildman–Crippen LogP) is 3.96. The number of benzene rings is 1. The van der Waals surface area contributed by atoms with E-state index in [9.17, 15) is 9.90 Å². The van der Waals surface area contributed by atoms with Crippen molar-refractivity contribution in [3.8, 4) is 11.4 Å². The molecular formula is C26H24BrN7O2. The van der Waals surface area contributed by atoms with Gasteiger partial charge in [0.15, 0.2) is 0 Å². The van der Waals surface area contributed by atoms with Crippen LogP contribution in [0.5, 0.6) is 0 Å². The summed E-state index contributed by atoms with van der Waals surface area (Å²) < 4.78 is 0.663. The molecule has 182 valence electrons. The maximum Gasteiger partial charge on any atom is 0.260 e. The molecule has 1 aromatic carbocycles. The third-order valence-corrected chi connectivity index (χ3v) is 7.72. The van der Waals surface area contributed by atoms with Crippen LogP contribution in [0.2, 0.25) is 0 Å². The predicted molar refractivity (Wildman–Crippen MR) is 143 cm³/mol. The van der Waals surface area contributed by atoms with Gasteiger partial charge in [-0.05, 0) is 59.5 Å². The number of aromatic nitrogens is 5. The van der Waals surface area contributed by atoms with Gasteiger partial charge in [0.2, 0.25) is 0 Å². The van der Waals surface area contributed by atoms with E-state index in [0.717, 1.165) is 35.4 Å². The lowest BCUT2D eigenvalue weighted by atomic mass is 9.84. The smallest absolute Gasteiger partial charge is 0.260 e. The van der Waals surface area contributed by atoms with E-state index in [-0.39, 0.29) is 16.8 Å². The maximum atomic E-state index is 13.2. The highest BCUT2D eigenvalue weighted by molar-refractivity contribution is 9.15. The zero-order valence-electron chi connectivity index (χ0n) is 19.5. The summed E-state index contributed by atoms with van der Waals surface area (Å²) in [7, 11) is 0. The SMILES string of the molecule is CC1(O)CCN(c2ccc(-c3nc4c(c(=O)[nH]3)C(=N)C(c3cccc5[nH]ncc35)C=C4Br)cn2)CC1. The van der Waals surface area contributed by atoms with Gasteiger partial charge in [-0.25, -0.2) is 9.97 Å². The Kier molecular flexibility index (Phi) is 5.38. The minimum Gasteiger partial charge on any atom is -0.390 e. The van der Waals surface area contributed by atoms with Crippen LogP contribution >= 0.6 is 15.9 Å². The van der Waals surface area contributed by atoms with Gasteiger partial charge in [0.1, 0.15) is 11.6 Å². The monoisotopic (exact) mass is 545 g/mol. The second-order valence-corrected chi connectivity index (χ2v) is 10.5. The number of nitrogens with one attached hydrogen (secondary N) is 3. The molecule has 0 radical (unpaired) electrons. The fourth-order valence-electron chi connectivity index (χ4n) is 4.93. The summed E-state index contributed by atoms with van der Waals surface area (Å²) in [4.78, 5) is 27.5. The fourth-order valence-corrected chi connectivity index (χ4v) is 5.49. The van der Waals surface area contributed by atoms with Crippen molar-refractivity contribution in [1.82, 2.24) is 25.1 Å². The summed E-state index contributed by atoms with van der Waals surface area (Å²) in [6.07, 6.45) is 6.73. The summed E-state index contributed by atoms with van der Waals surface area (Å²) in [6.45, 7) is 3.34. The molecule has 4 aromatic rings. The van der Waals surface area contributed by atoms with Gasteiger partial charge in [-0.1, -0.05) is 18.2 Å². The first-order chi connectivity index (χ1) is 17.3. The number of H-pyrrole nitrogens is 2. The van der Waals surface area contributed by atoms with Crippen molar-refractivity contribution in [1.29, 1.82) is 5.41 Å². The second-order valence-electron chi connectivity index (χ2n) is 9.61. The van der Waals surface area contributed by atoms with Gasteiger partial charge in [0.05, 0.1) is 34.3 Å². The zero-order chi connectivity index (χ0) is 25.0.